The first-order valence-corrected chi connectivity index (χ1v) is 7.06. The van der Waals surface area contributed by atoms with Crippen LogP contribution in [-0.2, 0) is 0 Å². The molecule has 1 atom stereocenters. The third-order valence-electron chi connectivity index (χ3n) is 3.71. The second kappa shape index (κ2) is 6.28. The van der Waals surface area contributed by atoms with Gasteiger partial charge in [0, 0.05) is 29.6 Å². The van der Waals surface area contributed by atoms with Crippen molar-refractivity contribution in [1.29, 1.82) is 0 Å². The number of hydrogen-bond acceptors (Lipinski definition) is 3. The monoisotopic (exact) mass is 367 g/mol. The summed E-state index contributed by atoms with van der Waals surface area (Å²) in [5.41, 5.74) is 1.97. The largest absolute Gasteiger partial charge is 1.00 e. The van der Waals surface area contributed by atoms with Crippen molar-refractivity contribution in [3.63, 3.8) is 0 Å². The average Bonchev–Trinajstić information content (AvgIpc) is 3.26. The van der Waals surface area contributed by atoms with Crippen LogP contribution in [0.5, 0.6) is 0 Å². The van der Waals surface area contributed by atoms with Crippen LogP contribution in [0.2, 0.25) is 0 Å². The fourth-order valence-corrected chi connectivity index (χ4v) is 2.70. The first kappa shape index (κ1) is 15.3. The highest BCUT2D eigenvalue weighted by atomic mass is 79.9. The molecule has 0 fully saturated rings. The first-order chi connectivity index (χ1) is 10.9. The number of aromatic nitrogens is 1. The van der Waals surface area contributed by atoms with Gasteiger partial charge in [-0.05, 0) is 22.8 Å². The Morgan fingerprint density at radius 2 is 1.48 bits per heavy atom. The highest BCUT2D eigenvalue weighted by Crippen LogP contribution is 2.39. The van der Waals surface area contributed by atoms with Crippen LogP contribution in [0, 0.1) is 0 Å². The zero-order chi connectivity index (χ0) is 14.8. The maximum Gasteiger partial charge on any atom is 0.295 e. The molecule has 1 aliphatic rings. The van der Waals surface area contributed by atoms with Crippen molar-refractivity contribution in [3.8, 4) is 0 Å². The molecular weight excluding hydrogens is 354 g/mol. The highest BCUT2D eigenvalue weighted by Gasteiger charge is 2.46. The van der Waals surface area contributed by atoms with Gasteiger partial charge in [-0.1, -0.05) is 41.5 Å². The van der Waals surface area contributed by atoms with E-state index in [2.05, 4.69) is 20.5 Å². The van der Waals surface area contributed by atoms with Gasteiger partial charge >= 0.3 is 0 Å². The Labute approximate surface area is 144 Å². The van der Waals surface area contributed by atoms with E-state index in [0.717, 1.165) is 22.9 Å². The second-order valence-corrected chi connectivity index (χ2v) is 4.99. The van der Waals surface area contributed by atoms with E-state index in [1.165, 1.54) is 0 Å². The predicted octanol–water partition coefficient (Wildman–Crippen LogP) is 1.40. The third-order valence-corrected chi connectivity index (χ3v) is 3.71. The summed E-state index contributed by atoms with van der Waals surface area (Å²) < 4.78 is 0.109. The number of para-hydroxylation sites is 1. The molecule has 3 aromatic rings. The summed E-state index contributed by atoms with van der Waals surface area (Å²) in [6, 6.07) is 24.0. The van der Waals surface area contributed by atoms with Crippen LogP contribution in [-0.4, -0.2) is 10.8 Å². The molecule has 114 valence electrons. The first-order valence-electron chi connectivity index (χ1n) is 7.06. The Bertz CT molecular complexity index is 828. The zero-order valence-electron chi connectivity index (χ0n) is 12.2. The van der Waals surface area contributed by atoms with E-state index >= 15 is 0 Å². The lowest BCUT2D eigenvalue weighted by atomic mass is 10.1. The van der Waals surface area contributed by atoms with E-state index in [9.17, 15) is 0 Å². The summed E-state index contributed by atoms with van der Waals surface area (Å²) in [5.74, 6) is 1.67. The van der Waals surface area contributed by atoms with Gasteiger partial charge in [-0.25, -0.2) is 0 Å². The smallest absolute Gasteiger partial charge is 0.295 e. The van der Waals surface area contributed by atoms with Gasteiger partial charge in [-0.3, -0.25) is 0 Å². The number of quaternary nitrogens is 1. The summed E-state index contributed by atoms with van der Waals surface area (Å²) in [6.45, 7) is 0. The summed E-state index contributed by atoms with van der Waals surface area (Å²) in [7, 11) is 0. The number of nitrogens with zero attached hydrogens (tertiary/aromatic N) is 4. The number of aromatic amines is 1. The molecule has 0 saturated heterocycles. The van der Waals surface area contributed by atoms with E-state index < -0.39 is 0 Å². The van der Waals surface area contributed by atoms with E-state index in [1.54, 1.807) is 0 Å². The minimum atomic E-state index is 0. The Morgan fingerprint density at radius 1 is 0.783 bits per heavy atom. The molecule has 5 nitrogen and oxygen atoms in total. The van der Waals surface area contributed by atoms with Gasteiger partial charge in [-0.15, -0.1) is 0 Å². The van der Waals surface area contributed by atoms with Gasteiger partial charge in [0.15, 0.2) is 5.69 Å². The lowest BCUT2D eigenvalue weighted by Gasteiger charge is -2.24. The highest BCUT2D eigenvalue weighted by molar-refractivity contribution is 6.09. The summed E-state index contributed by atoms with van der Waals surface area (Å²) in [5, 5.41) is 12.8. The van der Waals surface area contributed by atoms with Crippen LogP contribution in [0.15, 0.2) is 94.5 Å². The van der Waals surface area contributed by atoms with Gasteiger partial charge in [-0.2, -0.15) is 0 Å². The van der Waals surface area contributed by atoms with Crippen LogP contribution in [0.3, 0.4) is 0 Å². The van der Waals surface area contributed by atoms with Crippen LogP contribution < -0.4 is 21.6 Å². The van der Waals surface area contributed by atoms with Crippen molar-refractivity contribution in [2.45, 2.75) is 0 Å². The Kier molecular flexibility index (Phi) is 4.18. The maximum absolute atomic E-state index is 4.47. The van der Waals surface area contributed by atoms with Crippen LogP contribution in [0.1, 0.15) is 5.56 Å². The van der Waals surface area contributed by atoms with Crippen LogP contribution in [0.25, 0.3) is 0 Å². The number of hydrogen-bond donors (Lipinski definition) is 1. The fourth-order valence-electron chi connectivity index (χ4n) is 2.70. The molecule has 4 rings (SSSR count). The second-order valence-electron chi connectivity index (χ2n) is 4.99. The molecule has 6 heteroatoms. The minimum Gasteiger partial charge on any atom is -1.00 e. The SMILES string of the molecule is [Br-].c1ccc(C2=NN=N[N+]2(c2ccccc2)c2ccc[nH]2)cc1. The van der Waals surface area contributed by atoms with E-state index in [-0.39, 0.29) is 21.6 Å². The molecule has 2 heterocycles. The fraction of sp³-hybridized carbons (Fsp3) is 0. The summed E-state index contributed by atoms with van der Waals surface area (Å²) in [6.07, 6.45) is 1.88. The minimum absolute atomic E-state index is 0. The van der Waals surface area contributed by atoms with Crippen LogP contribution in [0.4, 0.5) is 11.5 Å². The molecule has 0 aliphatic carbocycles. The molecule has 1 aliphatic heterocycles. The van der Waals surface area contributed by atoms with Crippen molar-refractivity contribution in [2.24, 2.45) is 15.5 Å². The van der Waals surface area contributed by atoms with Crippen molar-refractivity contribution >= 4 is 17.3 Å². The summed E-state index contributed by atoms with van der Waals surface area (Å²) in [4.78, 5) is 3.26. The van der Waals surface area contributed by atoms with Gasteiger partial charge in [0.2, 0.25) is 5.82 Å². The zero-order valence-corrected chi connectivity index (χ0v) is 13.8. The Hall–Kier alpha value is -2.57. The van der Waals surface area contributed by atoms with Crippen molar-refractivity contribution < 1.29 is 17.0 Å². The lowest BCUT2D eigenvalue weighted by Crippen LogP contribution is -3.00. The normalized spacial score (nSPS) is 19.2. The summed E-state index contributed by atoms with van der Waals surface area (Å²) >= 11 is 0. The lowest BCUT2D eigenvalue weighted by molar-refractivity contribution is -0.00000442. The predicted molar refractivity (Wildman–Crippen MR) is 86.5 cm³/mol. The van der Waals surface area contributed by atoms with E-state index in [1.807, 2.05) is 79.0 Å². The van der Waals surface area contributed by atoms with Crippen molar-refractivity contribution in [3.05, 3.63) is 84.6 Å². The Balaban J connectivity index is 0.00000156. The number of amidine groups is 1. The van der Waals surface area contributed by atoms with Gasteiger partial charge in [0.1, 0.15) is 0 Å². The molecular formula is C17H14BrN5. The Morgan fingerprint density at radius 3 is 2.13 bits per heavy atom. The number of halogens is 1. The molecule has 1 N–H and O–H groups in total. The van der Waals surface area contributed by atoms with Gasteiger partial charge in [0.05, 0.1) is 10.8 Å². The molecule has 0 spiro atoms. The van der Waals surface area contributed by atoms with E-state index in [4.69, 9.17) is 0 Å². The molecule has 0 amide bonds. The topological polar surface area (TPSA) is 52.9 Å². The van der Waals surface area contributed by atoms with Crippen molar-refractivity contribution in [2.75, 3.05) is 0 Å². The van der Waals surface area contributed by atoms with Crippen molar-refractivity contribution in [1.82, 2.24) is 9.58 Å². The number of rotatable bonds is 3. The number of nitrogens with one attached hydrogen (secondary N) is 1. The molecule has 1 aromatic heterocycles. The molecule has 0 radical (unpaired) electrons. The molecule has 23 heavy (non-hydrogen) atoms. The molecule has 0 bridgehead atoms. The molecule has 1 unspecified atom stereocenters. The van der Waals surface area contributed by atoms with Gasteiger partial charge < -0.3 is 22.0 Å². The number of H-pyrrole nitrogens is 1. The maximum atomic E-state index is 4.47. The third kappa shape index (κ3) is 2.42. The average molecular weight is 368 g/mol. The molecule has 2 aromatic carbocycles. The van der Waals surface area contributed by atoms with E-state index in [0.29, 0.717) is 0 Å². The van der Waals surface area contributed by atoms with Gasteiger partial charge in [0.25, 0.3) is 5.84 Å². The molecule has 0 saturated carbocycles. The quantitative estimate of drug-likeness (QED) is 0.680. The standard InChI is InChI=1S/C17H14N5.BrH/c1-3-8-14(9-4-1)17-19-20-21-22(17,16-12-7-13-18-16)15-10-5-2-6-11-15;/h1-13,18H;1H/q+1;/p-1. The number of benzene rings is 2. The van der Waals surface area contributed by atoms with Crippen LogP contribution >= 0.6 is 0 Å².